The quantitative estimate of drug-likeness (QED) is 0.740. The molecule has 0 radical (unpaired) electrons. The van der Waals surface area contributed by atoms with Crippen LogP contribution in [0.1, 0.15) is 18.7 Å². The zero-order chi connectivity index (χ0) is 19.9. The average molecular weight is 405 g/mol. The molecule has 2 amide bonds. The summed E-state index contributed by atoms with van der Waals surface area (Å²) in [5.41, 5.74) is 0.621. The second-order valence-electron chi connectivity index (χ2n) is 6.88. The van der Waals surface area contributed by atoms with Gasteiger partial charge in [0.15, 0.2) is 0 Å². The van der Waals surface area contributed by atoms with Crippen molar-refractivity contribution < 1.29 is 14.0 Å². The average Bonchev–Trinajstić information content (AvgIpc) is 3.20. The smallest absolute Gasteiger partial charge is 0.238 e. The molecule has 0 unspecified atom stereocenters. The number of hydrogen-bond donors (Lipinski definition) is 2. The molecule has 8 heteroatoms. The number of anilines is 1. The molecular formula is C20H25ClN4O3. The summed E-state index contributed by atoms with van der Waals surface area (Å²) in [6.07, 6.45) is 1.60. The molecule has 0 spiro atoms. The Morgan fingerprint density at radius 2 is 1.68 bits per heavy atom. The minimum atomic E-state index is -0.155. The third-order valence-electron chi connectivity index (χ3n) is 4.69. The lowest BCUT2D eigenvalue weighted by molar-refractivity contribution is -0.124. The summed E-state index contributed by atoms with van der Waals surface area (Å²) in [6, 6.07) is 10.7. The SMILES string of the molecule is C[C@H](NC(=O)CN1CCN(CC(=O)Nc2ccccc2Cl)CC1)c1ccco1. The first kappa shape index (κ1) is 20.4. The van der Waals surface area contributed by atoms with Crippen molar-refractivity contribution in [1.29, 1.82) is 0 Å². The molecule has 3 rings (SSSR count). The van der Waals surface area contributed by atoms with Crippen molar-refractivity contribution in [2.24, 2.45) is 0 Å². The van der Waals surface area contributed by atoms with Crippen molar-refractivity contribution in [2.45, 2.75) is 13.0 Å². The summed E-state index contributed by atoms with van der Waals surface area (Å²) < 4.78 is 5.31. The minimum absolute atomic E-state index is 0.0335. The van der Waals surface area contributed by atoms with Crippen LogP contribution in [0.4, 0.5) is 5.69 Å². The fraction of sp³-hybridized carbons (Fsp3) is 0.400. The largest absolute Gasteiger partial charge is 0.467 e. The molecule has 1 aromatic heterocycles. The maximum atomic E-state index is 12.2. The fourth-order valence-electron chi connectivity index (χ4n) is 3.16. The van der Waals surface area contributed by atoms with E-state index >= 15 is 0 Å². The van der Waals surface area contributed by atoms with Crippen LogP contribution in [0, 0.1) is 0 Å². The van der Waals surface area contributed by atoms with Gasteiger partial charge in [-0.05, 0) is 31.2 Å². The molecule has 1 aromatic carbocycles. The van der Waals surface area contributed by atoms with E-state index in [1.165, 1.54) is 0 Å². The van der Waals surface area contributed by atoms with Gasteiger partial charge in [-0.25, -0.2) is 0 Å². The first-order valence-corrected chi connectivity index (χ1v) is 9.71. The summed E-state index contributed by atoms with van der Waals surface area (Å²) in [7, 11) is 0. The molecule has 7 nitrogen and oxygen atoms in total. The van der Waals surface area contributed by atoms with Crippen molar-refractivity contribution in [3.8, 4) is 0 Å². The molecule has 1 aliphatic rings. The van der Waals surface area contributed by atoms with Gasteiger partial charge in [0, 0.05) is 26.2 Å². The molecule has 28 heavy (non-hydrogen) atoms. The van der Waals surface area contributed by atoms with Crippen LogP contribution < -0.4 is 10.6 Å². The third-order valence-corrected chi connectivity index (χ3v) is 5.02. The molecule has 2 heterocycles. The van der Waals surface area contributed by atoms with Gasteiger partial charge in [-0.15, -0.1) is 0 Å². The van der Waals surface area contributed by atoms with Crippen LogP contribution in [0.5, 0.6) is 0 Å². The predicted octanol–water partition coefficient (Wildman–Crippen LogP) is 2.37. The molecule has 150 valence electrons. The highest BCUT2D eigenvalue weighted by Gasteiger charge is 2.21. The Morgan fingerprint density at radius 3 is 2.29 bits per heavy atom. The summed E-state index contributed by atoms with van der Waals surface area (Å²) in [6.45, 7) is 5.48. The van der Waals surface area contributed by atoms with Crippen LogP contribution in [-0.4, -0.2) is 60.9 Å². The van der Waals surface area contributed by atoms with Gasteiger partial charge in [-0.3, -0.25) is 19.4 Å². The first-order valence-electron chi connectivity index (χ1n) is 9.33. The number of piperazine rings is 1. The van der Waals surface area contributed by atoms with Gasteiger partial charge < -0.3 is 15.1 Å². The van der Waals surface area contributed by atoms with Gasteiger partial charge in [0.1, 0.15) is 5.76 Å². The van der Waals surface area contributed by atoms with Gasteiger partial charge in [0.25, 0.3) is 0 Å². The molecule has 0 aliphatic carbocycles. The Bertz CT molecular complexity index is 789. The van der Waals surface area contributed by atoms with Crippen LogP contribution in [0.3, 0.4) is 0 Å². The minimum Gasteiger partial charge on any atom is -0.467 e. The van der Waals surface area contributed by atoms with Crippen molar-refractivity contribution in [1.82, 2.24) is 15.1 Å². The Kier molecular flexibility index (Phi) is 7.08. The van der Waals surface area contributed by atoms with Crippen LogP contribution >= 0.6 is 11.6 Å². The number of rotatable bonds is 7. The zero-order valence-corrected chi connectivity index (χ0v) is 16.6. The standard InChI is InChI=1S/C20H25ClN4O3/c1-15(18-7-4-12-28-18)22-19(26)13-24-8-10-25(11-9-24)14-20(27)23-17-6-3-2-5-16(17)21/h2-7,12,15H,8-11,13-14H2,1H3,(H,22,26)(H,23,27)/t15-/m0/s1. The molecule has 2 aromatic rings. The first-order chi connectivity index (χ1) is 13.5. The zero-order valence-electron chi connectivity index (χ0n) is 15.9. The number of halogens is 1. The second kappa shape index (κ2) is 9.73. The number of benzene rings is 1. The number of para-hydroxylation sites is 1. The van der Waals surface area contributed by atoms with Crippen LogP contribution in [0.25, 0.3) is 0 Å². The number of nitrogens with one attached hydrogen (secondary N) is 2. The summed E-state index contributed by atoms with van der Waals surface area (Å²) in [5.74, 6) is 0.614. The van der Waals surface area contributed by atoms with E-state index in [2.05, 4.69) is 20.4 Å². The van der Waals surface area contributed by atoms with Gasteiger partial charge in [0.05, 0.1) is 36.1 Å². The molecule has 1 saturated heterocycles. The monoisotopic (exact) mass is 404 g/mol. The molecule has 1 atom stereocenters. The number of carbonyl (C=O) groups excluding carboxylic acids is 2. The van der Waals surface area contributed by atoms with E-state index in [1.807, 2.05) is 25.1 Å². The molecule has 1 aliphatic heterocycles. The van der Waals surface area contributed by atoms with Gasteiger partial charge in [0.2, 0.25) is 11.8 Å². The van der Waals surface area contributed by atoms with Crippen molar-refractivity contribution in [3.63, 3.8) is 0 Å². The molecule has 2 N–H and O–H groups in total. The van der Waals surface area contributed by atoms with Crippen molar-refractivity contribution in [3.05, 3.63) is 53.4 Å². The van der Waals surface area contributed by atoms with Gasteiger partial charge in [-0.1, -0.05) is 23.7 Å². The fourth-order valence-corrected chi connectivity index (χ4v) is 3.34. The van der Waals surface area contributed by atoms with Crippen molar-refractivity contribution >= 4 is 29.1 Å². The maximum absolute atomic E-state index is 12.2. The number of carbonyl (C=O) groups is 2. The third kappa shape index (κ3) is 5.82. The lowest BCUT2D eigenvalue weighted by Gasteiger charge is -2.34. The molecular weight excluding hydrogens is 380 g/mol. The van der Waals surface area contributed by atoms with Gasteiger partial charge in [-0.2, -0.15) is 0 Å². The van der Waals surface area contributed by atoms with E-state index in [-0.39, 0.29) is 17.9 Å². The van der Waals surface area contributed by atoms with Crippen LogP contribution in [0.15, 0.2) is 47.1 Å². The Morgan fingerprint density at radius 1 is 1.04 bits per heavy atom. The van der Waals surface area contributed by atoms with E-state index < -0.39 is 0 Å². The molecule has 0 bridgehead atoms. The summed E-state index contributed by atoms with van der Waals surface area (Å²) >= 11 is 6.07. The van der Waals surface area contributed by atoms with E-state index in [4.69, 9.17) is 16.0 Å². The highest BCUT2D eigenvalue weighted by molar-refractivity contribution is 6.33. The van der Waals surface area contributed by atoms with Crippen LogP contribution in [-0.2, 0) is 9.59 Å². The maximum Gasteiger partial charge on any atom is 0.238 e. The van der Waals surface area contributed by atoms with E-state index in [0.717, 1.165) is 31.9 Å². The molecule has 0 saturated carbocycles. The van der Waals surface area contributed by atoms with E-state index in [9.17, 15) is 9.59 Å². The second-order valence-corrected chi connectivity index (χ2v) is 7.29. The lowest BCUT2D eigenvalue weighted by atomic mass is 10.2. The summed E-state index contributed by atoms with van der Waals surface area (Å²) in [4.78, 5) is 28.6. The number of nitrogens with zero attached hydrogens (tertiary/aromatic N) is 2. The van der Waals surface area contributed by atoms with E-state index in [0.29, 0.717) is 23.8 Å². The highest BCUT2D eigenvalue weighted by atomic mass is 35.5. The Balaban J connectivity index is 1.37. The number of furan rings is 1. The molecule has 1 fully saturated rings. The number of hydrogen-bond acceptors (Lipinski definition) is 5. The van der Waals surface area contributed by atoms with Gasteiger partial charge >= 0.3 is 0 Å². The highest BCUT2D eigenvalue weighted by Crippen LogP contribution is 2.20. The van der Waals surface area contributed by atoms with Crippen LogP contribution in [0.2, 0.25) is 5.02 Å². The topological polar surface area (TPSA) is 77.8 Å². The Hall–Kier alpha value is -2.35. The Labute approximate surface area is 169 Å². The van der Waals surface area contributed by atoms with Crippen molar-refractivity contribution in [2.75, 3.05) is 44.6 Å². The predicted molar refractivity (Wildman–Crippen MR) is 108 cm³/mol. The number of amides is 2. The lowest BCUT2D eigenvalue weighted by Crippen LogP contribution is -2.51. The normalized spacial score (nSPS) is 16.5. The summed E-state index contributed by atoms with van der Waals surface area (Å²) in [5, 5.41) is 6.30. The van der Waals surface area contributed by atoms with E-state index in [1.54, 1.807) is 24.5 Å².